The van der Waals surface area contributed by atoms with E-state index in [9.17, 15) is 0 Å². The normalized spacial score (nSPS) is 11.6. The number of aromatic amines is 1. The van der Waals surface area contributed by atoms with Gasteiger partial charge in [0, 0.05) is 55.0 Å². The summed E-state index contributed by atoms with van der Waals surface area (Å²) in [5.74, 6) is 0.711. The first kappa shape index (κ1) is 31.9. The van der Waals surface area contributed by atoms with E-state index in [1.54, 1.807) is 0 Å². The molecule has 0 aliphatic heterocycles. The van der Waals surface area contributed by atoms with Crippen molar-refractivity contribution in [2.45, 2.75) is 0 Å². The Morgan fingerprint density at radius 2 is 0.750 bits per heavy atom. The van der Waals surface area contributed by atoms with Crippen LogP contribution in [0, 0.1) is 0 Å². The number of hydrogen-bond acceptors (Lipinski definition) is 2. The molecule has 262 valence electrons. The van der Waals surface area contributed by atoms with E-state index in [1.807, 2.05) is 24.3 Å². The Morgan fingerprint density at radius 3 is 1.34 bits per heavy atom. The predicted molar refractivity (Wildman–Crippen MR) is 233 cm³/mol. The Kier molecular flexibility index (Phi) is 7.46. The maximum absolute atomic E-state index is 5.12. The van der Waals surface area contributed by atoms with Gasteiger partial charge in [0.05, 0.1) is 22.4 Å². The second-order valence-corrected chi connectivity index (χ2v) is 14.3. The van der Waals surface area contributed by atoms with E-state index < -0.39 is 0 Å². The van der Waals surface area contributed by atoms with Gasteiger partial charge in [-0.25, -0.2) is 9.97 Å². The van der Waals surface area contributed by atoms with Crippen molar-refractivity contribution in [2.75, 3.05) is 0 Å². The molecule has 0 radical (unpaired) electrons. The van der Waals surface area contributed by atoms with Crippen LogP contribution in [0.2, 0.25) is 0 Å². The fraction of sp³-hybridized carbons (Fsp3) is 0. The van der Waals surface area contributed by atoms with E-state index >= 15 is 0 Å². The lowest BCUT2D eigenvalue weighted by molar-refractivity contribution is 1.18. The molecule has 0 aliphatic rings. The van der Waals surface area contributed by atoms with Crippen LogP contribution in [0.1, 0.15) is 0 Å². The van der Waals surface area contributed by atoms with E-state index in [4.69, 9.17) is 9.97 Å². The zero-order valence-corrected chi connectivity index (χ0v) is 30.4. The van der Waals surface area contributed by atoms with Gasteiger partial charge in [0.1, 0.15) is 0 Å². The molecule has 4 heteroatoms. The zero-order valence-electron chi connectivity index (χ0n) is 30.4. The van der Waals surface area contributed by atoms with Gasteiger partial charge in [0.25, 0.3) is 0 Å². The van der Waals surface area contributed by atoms with Gasteiger partial charge in [0.2, 0.25) is 0 Å². The minimum Gasteiger partial charge on any atom is -0.355 e. The van der Waals surface area contributed by atoms with Crippen LogP contribution in [0.25, 0.3) is 105 Å². The number of benzene rings is 8. The van der Waals surface area contributed by atoms with E-state index in [-0.39, 0.29) is 0 Å². The summed E-state index contributed by atoms with van der Waals surface area (Å²) < 4.78 is 2.38. The highest BCUT2D eigenvalue weighted by Gasteiger charge is 2.16. The smallest absolute Gasteiger partial charge is 0.160 e. The van der Waals surface area contributed by atoms with Crippen molar-refractivity contribution in [3.05, 3.63) is 200 Å². The van der Waals surface area contributed by atoms with Gasteiger partial charge < -0.3 is 9.55 Å². The molecule has 0 fully saturated rings. The molecule has 0 bridgehead atoms. The van der Waals surface area contributed by atoms with E-state index in [0.717, 1.165) is 50.2 Å². The van der Waals surface area contributed by atoms with Crippen molar-refractivity contribution in [1.82, 2.24) is 19.5 Å². The van der Waals surface area contributed by atoms with Crippen LogP contribution in [0.3, 0.4) is 0 Å². The number of H-pyrrole nitrogens is 1. The lowest BCUT2D eigenvalue weighted by Gasteiger charge is -2.10. The van der Waals surface area contributed by atoms with Gasteiger partial charge in [-0.3, -0.25) is 0 Å². The molecular weight excluding hydrogens is 681 g/mol. The first-order valence-corrected chi connectivity index (χ1v) is 19.0. The summed E-state index contributed by atoms with van der Waals surface area (Å²) in [7, 11) is 0. The molecule has 3 aromatic heterocycles. The number of aromatic nitrogens is 4. The van der Waals surface area contributed by atoms with Gasteiger partial charge in [-0.2, -0.15) is 0 Å². The highest BCUT2D eigenvalue weighted by atomic mass is 15.0. The molecule has 0 aliphatic carbocycles. The van der Waals surface area contributed by atoms with Crippen LogP contribution in [0.5, 0.6) is 0 Å². The SMILES string of the molecule is c1ccc(-c2ccc3c(c2)c2cc(-c4ccc5[nH]c6ccc(-c7cc(-c8ccccc8)nc(-c8ccccc8)n7)cc6c5c4)ccc2n3-c2ccccc2)cc1. The molecule has 0 saturated heterocycles. The first-order chi connectivity index (χ1) is 27.7. The molecule has 1 N–H and O–H groups in total. The van der Waals surface area contributed by atoms with E-state index in [1.165, 1.54) is 49.4 Å². The van der Waals surface area contributed by atoms with Crippen LogP contribution in [0.15, 0.2) is 200 Å². The maximum Gasteiger partial charge on any atom is 0.160 e. The molecule has 11 rings (SSSR count). The van der Waals surface area contributed by atoms with Crippen molar-refractivity contribution in [1.29, 1.82) is 0 Å². The molecule has 0 saturated carbocycles. The van der Waals surface area contributed by atoms with Crippen molar-refractivity contribution in [3.8, 4) is 61.8 Å². The largest absolute Gasteiger partial charge is 0.355 e. The van der Waals surface area contributed by atoms with Gasteiger partial charge >= 0.3 is 0 Å². The monoisotopic (exact) mass is 714 g/mol. The predicted octanol–water partition coefficient (Wildman–Crippen LogP) is 13.5. The number of rotatable bonds is 6. The Balaban J connectivity index is 1.06. The number of hydrogen-bond donors (Lipinski definition) is 1. The summed E-state index contributed by atoms with van der Waals surface area (Å²) in [5, 5.41) is 4.81. The fourth-order valence-electron chi connectivity index (χ4n) is 8.17. The Hall–Kier alpha value is -7.56. The van der Waals surface area contributed by atoms with Crippen molar-refractivity contribution in [3.63, 3.8) is 0 Å². The van der Waals surface area contributed by atoms with Gasteiger partial charge in [-0.15, -0.1) is 0 Å². The summed E-state index contributed by atoms with van der Waals surface area (Å²) in [4.78, 5) is 13.8. The molecule has 8 aromatic carbocycles. The second kappa shape index (κ2) is 13.1. The van der Waals surface area contributed by atoms with Gasteiger partial charge in [-0.05, 0) is 89.0 Å². The molecule has 0 atom stereocenters. The quantitative estimate of drug-likeness (QED) is 0.186. The topological polar surface area (TPSA) is 46.5 Å². The van der Waals surface area contributed by atoms with Crippen LogP contribution < -0.4 is 0 Å². The third-order valence-corrected chi connectivity index (χ3v) is 10.9. The summed E-state index contributed by atoms with van der Waals surface area (Å²) in [5.41, 5.74) is 15.4. The zero-order chi connectivity index (χ0) is 37.0. The summed E-state index contributed by atoms with van der Waals surface area (Å²) in [6.45, 7) is 0. The first-order valence-electron chi connectivity index (χ1n) is 19.0. The Labute approximate surface area is 324 Å². The molecule has 3 heterocycles. The molecular formula is C52H34N4. The van der Waals surface area contributed by atoms with Crippen LogP contribution in [0.4, 0.5) is 0 Å². The van der Waals surface area contributed by atoms with Crippen LogP contribution >= 0.6 is 0 Å². The molecule has 0 spiro atoms. The van der Waals surface area contributed by atoms with E-state index in [2.05, 4.69) is 185 Å². The third kappa shape index (κ3) is 5.47. The second-order valence-electron chi connectivity index (χ2n) is 14.3. The maximum atomic E-state index is 5.12. The standard InChI is InChI=1S/C52H34N4/c1-5-13-34(14-6-1)37-23-27-50-44(30-37)45-31-39(24-28-51(45)56(50)41-19-11-4-12-20-41)38-21-25-46-42(29-38)43-32-40(22-26-47(43)53-46)49-33-48(35-15-7-2-8-16-35)54-52(55-49)36-17-9-3-10-18-36/h1-33,53H. The summed E-state index contributed by atoms with van der Waals surface area (Å²) >= 11 is 0. The van der Waals surface area contributed by atoms with Gasteiger partial charge in [0.15, 0.2) is 5.82 Å². The Morgan fingerprint density at radius 1 is 0.321 bits per heavy atom. The van der Waals surface area contributed by atoms with Crippen molar-refractivity contribution >= 4 is 43.6 Å². The van der Waals surface area contributed by atoms with Gasteiger partial charge in [-0.1, -0.05) is 133 Å². The lowest BCUT2D eigenvalue weighted by Crippen LogP contribution is -1.95. The number of nitrogens with zero attached hydrogens (tertiary/aromatic N) is 3. The minimum atomic E-state index is 0.711. The molecule has 11 aromatic rings. The fourth-order valence-corrected chi connectivity index (χ4v) is 8.17. The molecule has 0 amide bonds. The van der Waals surface area contributed by atoms with Crippen molar-refractivity contribution < 1.29 is 0 Å². The van der Waals surface area contributed by atoms with E-state index in [0.29, 0.717) is 5.82 Å². The Bertz CT molecular complexity index is 3160. The number of para-hydroxylation sites is 1. The number of nitrogens with one attached hydrogen (secondary N) is 1. The lowest BCUT2D eigenvalue weighted by atomic mass is 9.99. The minimum absolute atomic E-state index is 0.711. The average Bonchev–Trinajstić information content (AvgIpc) is 3.81. The van der Waals surface area contributed by atoms with Crippen LogP contribution in [-0.4, -0.2) is 19.5 Å². The summed E-state index contributed by atoms with van der Waals surface area (Å²) in [6.07, 6.45) is 0. The van der Waals surface area contributed by atoms with Crippen LogP contribution in [-0.2, 0) is 0 Å². The highest BCUT2D eigenvalue weighted by Crippen LogP contribution is 2.39. The summed E-state index contributed by atoms with van der Waals surface area (Å²) in [6, 6.07) is 71.1. The molecule has 4 nitrogen and oxygen atoms in total. The number of fused-ring (bicyclic) bond motifs is 6. The highest BCUT2D eigenvalue weighted by molar-refractivity contribution is 6.13. The average molecular weight is 715 g/mol. The third-order valence-electron chi connectivity index (χ3n) is 10.9. The molecule has 56 heavy (non-hydrogen) atoms. The van der Waals surface area contributed by atoms with Crippen molar-refractivity contribution in [2.24, 2.45) is 0 Å². The molecule has 0 unspecified atom stereocenters.